The maximum Gasteiger partial charge on any atom is 0.303 e. The first-order valence-electron chi connectivity index (χ1n) is 16.9. The number of hydrogen-bond acceptors (Lipinski definition) is 7. The van der Waals surface area contributed by atoms with Gasteiger partial charge in [-0.25, -0.2) is 4.72 Å². The van der Waals surface area contributed by atoms with Crippen LogP contribution in [0.3, 0.4) is 0 Å². The predicted octanol–water partition coefficient (Wildman–Crippen LogP) is 4.04. The number of carbonyl (C=O) groups is 3. The van der Waals surface area contributed by atoms with Crippen molar-refractivity contribution in [2.75, 3.05) is 20.6 Å². The lowest BCUT2D eigenvalue weighted by molar-refractivity contribution is -0.142. The first kappa shape index (κ1) is 34.9. The number of rotatable bonds is 7. The van der Waals surface area contributed by atoms with Gasteiger partial charge in [-0.15, -0.1) is 0 Å². The van der Waals surface area contributed by atoms with Crippen molar-refractivity contribution in [2.45, 2.75) is 109 Å². The fourth-order valence-electron chi connectivity index (χ4n) is 6.85. The van der Waals surface area contributed by atoms with Crippen LogP contribution in [0.4, 0.5) is 0 Å². The molecule has 2 N–H and O–H groups in total. The zero-order valence-electron chi connectivity index (χ0n) is 28.7. The average molecular weight is 671 g/mol. The van der Waals surface area contributed by atoms with Crippen molar-refractivity contribution in [3.8, 4) is 6.01 Å². The third-order valence-electron chi connectivity index (χ3n) is 9.73. The van der Waals surface area contributed by atoms with E-state index in [1.807, 2.05) is 31.2 Å². The van der Waals surface area contributed by atoms with E-state index in [2.05, 4.69) is 48.4 Å². The number of imidazole rings is 1. The topological polar surface area (TPSA) is 143 Å². The molecule has 2 aliphatic heterocycles. The van der Waals surface area contributed by atoms with Gasteiger partial charge in [0.15, 0.2) is 0 Å². The molecule has 258 valence electrons. The number of hydrogen-bond donors (Lipinski definition) is 2. The van der Waals surface area contributed by atoms with Crippen LogP contribution in [-0.4, -0.2) is 83.2 Å². The lowest BCUT2D eigenvalue weighted by atomic mass is 10.0. The Labute approximate surface area is 278 Å². The van der Waals surface area contributed by atoms with Crippen LogP contribution >= 0.6 is 0 Å². The molecule has 47 heavy (non-hydrogen) atoms. The summed E-state index contributed by atoms with van der Waals surface area (Å²) in [4.78, 5) is 48.0. The van der Waals surface area contributed by atoms with E-state index in [1.165, 1.54) is 14.1 Å². The minimum atomic E-state index is -4.08. The maximum atomic E-state index is 14.1. The van der Waals surface area contributed by atoms with Crippen molar-refractivity contribution >= 4 is 39.0 Å². The maximum absolute atomic E-state index is 14.1. The fourth-order valence-corrected chi connectivity index (χ4v) is 7.45. The summed E-state index contributed by atoms with van der Waals surface area (Å²) in [5.74, 6) is -1.82. The molecule has 3 amide bonds. The highest BCUT2D eigenvalue weighted by molar-refractivity contribution is 7.87. The summed E-state index contributed by atoms with van der Waals surface area (Å²) in [7, 11) is -1.43. The summed E-state index contributed by atoms with van der Waals surface area (Å²) in [5.41, 5.74) is 1.56. The highest BCUT2D eigenvalue weighted by atomic mass is 32.2. The van der Waals surface area contributed by atoms with Crippen LogP contribution in [0.15, 0.2) is 30.4 Å². The molecule has 1 saturated heterocycles. The number of ether oxygens (including phenoxy) is 1. The van der Waals surface area contributed by atoms with Crippen LogP contribution in [0.5, 0.6) is 6.01 Å². The number of nitrogens with zero attached hydrogens (tertiary/aromatic N) is 4. The molecule has 3 heterocycles. The van der Waals surface area contributed by atoms with Crippen LogP contribution in [0.1, 0.15) is 97.1 Å². The molecule has 1 saturated carbocycles. The van der Waals surface area contributed by atoms with Gasteiger partial charge < -0.3 is 15.0 Å². The predicted molar refractivity (Wildman–Crippen MR) is 180 cm³/mol. The lowest BCUT2D eigenvalue weighted by Gasteiger charge is -2.28. The number of nitrogens with one attached hydrogen (secondary N) is 2. The third kappa shape index (κ3) is 7.06. The minimum Gasteiger partial charge on any atom is -0.459 e. The SMILES string of the molecule is CC(C)c1cccc2nc(O[C@@H]3C[C@H]4C(=O)N[C@]5(C(=O)NS(=O)(=O)N(C)C)C[C@@H]5/C=C\CCCCC[C@H](C)C(=O)N4C3)n(C(C)C)c12. The van der Waals surface area contributed by atoms with Crippen LogP contribution in [0.2, 0.25) is 0 Å². The van der Waals surface area contributed by atoms with Gasteiger partial charge in [-0.2, -0.15) is 17.7 Å². The lowest BCUT2D eigenvalue weighted by Crippen LogP contribution is -2.57. The molecule has 12 nitrogen and oxygen atoms in total. The molecule has 2 aromatic rings. The number of aromatic nitrogens is 2. The second kappa shape index (κ2) is 13.6. The Morgan fingerprint density at radius 1 is 1.15 bits per heavy atom. The summed E-state index contributed by atoms with van der Waals surface area (Å²) in [6.07, 6.45) is 8.12. The van der Waals surface area contributed by atoms with Gasteiger partial charge in [-0.3, -0.25) is 19.0 Å². The van der Waals surface area contributed by atoms with Crippen LogP contribution in [-0.2, 0) is 24.6 Å². The van der Waals surface area contributed by atoms with Gasteiger partial charge in [0.2, 0.25) is 11.8 Å². The van der Waals surface area contributed by atoms with Crippen molar-refractivity contribution in [1.29, 1.82) is 0 Å². The summed E-state index contributed by atoms with van der Waals surface area (Å²) in [5, 5.41) is 2.91. The van der Waals surface area contributed by atoms with E-state index in [1.54, 1.807) is 4.90 Å². The van der Waals surface area contributed by atoms with Crippen molar-refractivity contribution < 1.29 is 27.5 Å². The average Bonchev–Trinajstić information content (AvgIpc) is 3.33. The Kier molecular flexibility index (Phi) is 10.1. The molecule has 0 unspecified atom stereocenters. The van der Waals surface area contributed by atoms with Gasteiger partial charge in [-0.1, -0.05) is 57.9 Å². The Bertz CT molecular complexity index is 1650. The quantitative estimate of drug-likeness (QED) is 0.424. The zero-order valence-corrected chi connectivity index (χ0v) is 29.5. The molecular weight excluding hydrogens is 620 g/mol. The Morgan fingerprint density at radius 2 is 1.89 bits per heavy atom. The highest BCUT2D eigenvalue weighted by Crippen LogP contribution is 2.46. The van der Waals surface area contributed by atoms with Gasteiger partial charge in [0, 0.05) is 38.4 Å². The van der Waals surface area contributed by atoms with Crippen molar-refractivity contribution in [3.63, 3.8) is 0 Å². The van der Waals surface area contributed by atoms with E-state index in [9.17, 15) is 22.8 Å². The Balaban J connectivity index is 1.46. The normalized spacial score (nSPS) is 28.1. The molecule has 1 aromatic carbocycles. The minimum absolute atomic E-state index is 0.0448. The largest absolute Gasteiger partial charge is 0.459 e. The zero-order chi connectivity index (χ0) is 34.3. The van der Waals surface area contributed by atoms with Crippen molar-refractivity contribution in [3.05, 3.63) is 35.9 Å². The number of amides is 3. The molecule has 1 aliphatic carbocycles. The van der Waals surface area contributed by atoms with Crippen LogP contribution < -0.4 is 14.8 Å². The van der Waals surface area contributed by atoms with Gasteiger partial charge >= 0.3 is 10.2 Å². The molecule has 2 fully saturated rings. The van der Waals surface area contributed by atoms with Gasteiger partial charge in [0.25, 0.3) is 11.9 Å². The second-order valence-corrected chi connectivity index (χ2v) is 16.1. The van der Waals surface area contributed by atoms with E-state index in [0.717, 1.165) is 46.6 Å². The molecule has 5 atom stereocenters. The number of carbonyl (C=O) groups excluding carboxylic acids is 3. The van der Waals surface area contributed by atoms with E-state index < -0.39 is 39.7 Å². The van der Waals surface area contributed by atoms with E-state index in [-0.39, 0.29) is 49.1 Å². The van der Waals surface area contributed by atoms with Gasteiger partial charge in [0.1, 0.15) is 17.7 Å². The number of benzene rings is 1. The van der Waals surface area contributed by atoms with Crippen LogP contribution in [0, 0.1) is 11.8 Å². The summed E-state index contributed by atoms with van der Waals surface area (Å²) in [6, 6.07) is 5.64. The first-order chi connectivity index (χ1) is 22.2. The molecule has 0 radical (unpaired) electrons. The number of allylic oxidation sites excluding steroid dienone is 1. The van der Waals surface area contributed by atoms with Gasteiger partial charge in [-0.05, 0) is 57.1 Å². The number of fused-ring (bicyclic) bond motifs is 3. The van der Waals surface area contributed by atoms with E-state index >= 15 is 0 Å². The number of para-hydroxylation sites is 1. The molecule has 13 heteroatoms. The van der Waals surface area contributed by atoms with E-state index in [0.29, 0.717) is 12.4 Å². The van der Waals surface area contributed by atoms with Crippen molar-refractivity contribution in [1.82, 2.24) is 28.8 Å². The monoisotopic (exact) mass is 670 g/mol. The molecule has 1 aromatic heterocycles. The molecule has 0 bridgehead atoms. The molecule has 0 spiro atoms. The smallest absolute Gasteiger partial charge is 0.303 e. The summed E-state index contributed by atoms with van der Waals surface area (Å²) < 4.78 is 36.9. The highest BCUT2D eigenvalue weighted by Gasteiger charge is 2.61. The first-order valence-corrected chi connectivity index (χ1v) is 18.3. The Morgan fingerprint density at radius 3 is 2.57 bits per heavy atom. The molecule has 5 rings (SSSR count). The van der Waals surface area contributed by atoms with Crippen molar-refractivity contribution in [2.24, 2.45) is 11.8 Å². The molecular formula is C34H50N6O6S. The summed E-state index contributed by atoms with van der Waals surface area (Å²) >= 11 is 0. The van der Waals surface area contributed by atoms with E-state index in [4.69, 9.17) is 9.72 Å². The van der Waals surface area contributed by atoms with Crippen LogP contribution in [0.25, 0.3) is 11.0 Å². The fraction of sp³-hybridized carbons (Fsp3) is 0.647. The van der Waals surface area contributed by atoms with Gasteiger partial charge in [0.05, 0.1) is 17.6 Å². The second-order valence-electron chi connectivity index (χ2n) is 14.2. The standard InChI is InChI=1S/C34H50N6O6S/c1-21(2)26-16-13-17-27-29(26)40(22(3)4)33(35-27)46-25-18-28-30(41)36-34(32(43)37-47(44,45)38(6)7)19-24(34)15-12-10-8-9-11-14-23(5)31(42)39(28)20-25/h12-13,15-17,21-25,28H,8-11,14,18-20H2,1-7H3,(H,36,41)(H,37,43)/b15-12-/t23-,24-,25+,28-,34+/m0/s1. The third-order valence-corrected chi connectivity index (χ3v) is 11.1. The Hall–Kier alpha value is -3.45. The summed E-state index contributed by atoms with van der Waals surface area (Å²) in [6.45, 7) is 10.5. The molecule has 3 aliphatic rings.